The van der Waals surface area contributed by atoms with Crippen LogP contribution in [0, 0.1) is 10.8 Å². The fourth-order valence-electron chi connectivity index (χ4n) is 3.88. The molecule has 2 aromatic rings. The molecule has 0 spiro atoms. The van der Waals surface area contributed by atoms with Crippen LogP contribution in [0.3, 0.4) is 0 Å². The monoisotopic (exact) mass is 560 g/mol. The van der Waals surface area contributed by atoms with Gasteiger partial charge in [-0.1, -0.05) is 96.0 Å². The molecule has 2 aliphatic heterocycles. The molecule has 4 rings (SSSR count). The second-order valence-electron chi connectivity index (χ2n) is 10.0. The Morgan fingerprint density at radius 2 is 0.938 bits per heavy atom. The molecule has 0 unspecified atom stereocenters. The van der Waals surface area contributed by atoms with E-state index in [9.17, 15) is 0 Å². The minimum atomic E-state index is -0.536. The van der Waals surface area contributed by atoms with Gasteiger partial charge >= 0.3 is 14.2 Å². The van der Waals surface area contributed by atoms with Crippen molar-refractivity contribution in [3.8, 4) is 0 Å². The molecule has 32 heavy (non-hydrogen) atoms. The van der Waals surface area contributed by atoms with Gasteiger partial charge in [-0.3, -0.25) is 0 Å². The SMILES string of the molecule is CC1(C)COB(/C(=C(/B2OCC(C)(C)CO2)c2ccccc2Br)c2ccccc2Br)OC1. The predicted octanol–water partition coefficient (Wildman–Crippen LogP) is 6.32. The topological polar surface area (TPSA) is 36.9 Å². The standard InChI is InChI=1S/C24H28B2Br2O4/c1-23(2)13-29-25(30-14-23)21(17-9-5-7-11-19(17)27)22(18-10-6-8-12-20(18)28)26-31-15-24(3,4)16-32-26/h5-12H,13-16H2,1-4H3/b22-21+. The van der Waals surface area contributed by atoms with E-state index in [1.807, 2.05) is 36.4 Å². The van der Waals surface area contributed by atoms with Crippen LogP contribution in [0.25, 0.3) is 10.9 Å². The summed E-state index contributed by atoms with van der Waals surface area (Å²) in [5, 5.41) is 0. The van der Waals surface area contributed by atoms with Crippen LogP contribution in [0.1, 0.15) is 38.8 Å². The van der Waals surface area contributed by atoms with Crippen LogP contribution < -0.4 is 0 Å². The van der Waals surface area contributed by atoms with Crippen molar-refractivity contribution in [2.24, 2.45) is 10.8 Å². The molecule has 0 radical (unpaired) electrons. The van der Waals surface area contributed by atoms with Crippen LogP contribution in [0.5, 0.6) is 0 Å². The van der Waals surface area contributed by atoms with Crippen molar-refractivity contribution < 1.29 is 18.6 Å². The lowest BCUT2D eigenvalue weighted by Crippen LogP contribution is -2.45. The zero-order valence-electron chi connectivity index (χ0n) is 19.0. The minimum absolute atomic E-state index is 0.0368. The van der Waals surface area contributed by atoms with Gasteiger partial charge in [0.1, 0.15) is 0 Å². The quantitative estimate of drug-likeness (QED) is 0.323. The third-order valence-corrected chi connectivity index (χ3v) is 6.97. The van der Waals surface area contributed by atoms with Gasteiger partial charge in [0, 0.05) is 46.2 Å². The Labute approximate surface area is 208 Å². The van der Waals surface area contributed by atoms with Crippen LogP contribution in [0.4, 0.5) is 0 Å². The molecule has 0 N–H and O–H groups in total. The van der Waals surface area contributed by atoms with Crippen LogP contribution in [0.15, 0.2) is 57.5 Å². The lowest BCUT2D eigenvalue weighted by atomic mass is 9.59. The van der Waals surface area contributed by atoms with Crippen LogP contribution >= 0.6 is 31.9 Å². The lowest BCUT2D eigenvalue weighted by molar-refractivity contribution is 0.0333. The van der Waals surface area contributed by atoms with Crippen LogP contribution in [-0.2, 0) is 18.6 Å². The van der Waals surface area contributed by atoms with Gasteiger partial charge in [-0.2, -0.15) is 0 Å². The molecule has 4 nitrogen and oxygen atoms in total. The van der Waals surface area contributed by atoms with Crippen molar-refractivity contribution in [3.63, 3.8) is 0 Å². The summed E-state index contributed by atoms with van der Waals surface area (Å²) in [6.07, 6.45) is 0. The lowest BCUT2D eigenvalue weighted by Gasteiger charge is -2.37. The van der Waals surface area contributed by atoms with Gasteiger partial charge < -0.3 is 18.6 Å². The van der Waals surface area contributed by atoms with E-state index in [0.717, 1.165) is 31.0 Å². The fourth-order valence-corrected chi connectivity index (χ4v) is 4.87. The second kappa shape index (κ2) is 9.77. The summed E-state index contributed by atoms with van der Waals surface area (Å²) in [6, 6.07) is 16.3. The predicted molar refractivity (Wildman–Crippen MR) is 138 cm³/mol. The van der Waals surface area contributed by atoms with Gasteiger partial charge in [0.05, 0.1) is 0 Å². The Morgan fingerprint density at radius 3 is 1.25 bits per heavy atom. The highest BCUT2D eigenvalue weighted by Gasteiger charge is 2.43. The second-order valence-corrected chi connectivity index (χ2v) is 11.7. The van der Waals surface area contributed by atoms with E-state index in [0.29, 0.717) is 26.4 Å². The summed E-state index contributed by atoms with van der Waals surface area (Å²) in [5.74, 6) is 0. The summed E-state index contributed by atoms with van der Waals surface area (Å²) in [7, 11) is -1.07. The zero-order valence-corrected chi connectivity index (χ0v) is 22.2. The number of rotatable bonds is 4. The molecule has 2 fully saturated rings. The van der Waals surface area contributed by atoms with Crippen molar-refractivity contribution in [1.29, 1.82) is 0 Å². The maximum absolute atomic E-state index is 6.31. The summed E-state index contributed by atoms with van der Waals surface area (Å²) in [5.41, 5.74) is 3.77. The highest BCUT2D eigenvalue weighted by Crippen LogP contribution is 2.41. The van der Waals surface area contributed by atoms with Crippen molar-refractivity contribution >= 4 is 57.0 Å². The van der Waals surface area contributed by atoms with Crippen LogP contribution in [-0.4, -0.2) is 40.7 Å². The molecule has 0 atom stereocenters. The Bertz CT molecular complexity index is 909. The average Bonchev–Trinajstić information content (AvgIpc) is 2.75. The van der Waals surface area contributed by atoms with Crippen molar-refractivity contribution in [2.45, 2.75) is 27.7 Å². The molecule has 2 saturated heterocycles. The largest absolute Gasteiger partial charge is 0.494 e. The molecule has 0 bridgehead atoms. The first-order valence-electron chi connectivity index (χ1n) is 10.9. The first-order chi connectivity index (χ1) is 15.2. The first kappa shape index (κ1) is 24.2. The molecule has 2 heterocycles. The van der Waals surface area contributed by atoms with E-state index >= 15 is 0 Å². The summed E-state index contributed by atoms with van der Waals surface area (Å²) in [4.78, 5) is 0. The number of halogens is 2. The van der Waals surface area contributed by atoms with Gasteiger partial charge in [0.15, 0.2) is 0 Å². The van der Waals surface area contributed by atoms with Gasteiger partial charge in [-0.15, -0.1) is 0 Å². The van der Waals surface area contributed by atoms with E-state index in [1.54, 1.807) is 0 Å². The van der Waals surface area contributed by atoms with E-state index < -0.39 is 14.2 Å². The molecule has 8 heteroatoms. The third-order valence-electron chi connectivity index (χ3n) is 5.59. The van der Waals surface area contributed by atoms with E-state index in [-0.39, 0.29) is 10.8 Å². The average molecular weight is 562 g/mol. The maximum Gasteiger partial charge on any atom is 0.494 e. The third kappa shape index (κ3) is 5.43. The van der Waals surface area contributed by atoms with Gasteiger partial charge in [-0.05, 0) is 34.2 Å². The summed E-state index contributed by atoms with van der Waals surface area (Å²) in [6.45, 7) is 11.0. The number of hydrogen-bond donors (Lipinski definition) is 0. The molecule has 0 aliphatic carbocycles. The smallest absolute Gasteiger partial charge is 0.407 e. The van der Waals surface area contributed by atoms with Crippen molar-refractivity contribution in [1.82, 2.24) is 0 Å². The van der Waals surface area contributed by atoms with Crippen molar-refractivity contribution in [3.05, 3.63) is 68.6 Å². The number of hydrogen-bond acceptors (Lipinski definition) is 4. The Morgan fingerprint density at radius 1 is 0.625 bits per heavy atom. The highest BCUT2D eigenvalue weighted by molar-refractivity contribution is 9.10. The van der Waals surface area contributed by atoms with Crippen LogP contribution in [0.2, 0.25) is 0 Å². The molecule has 0 aromatic heterocycles. The van der Waals surface area contributed by atoms with Gasteiger partial charge in [-0.25, -0.2) is 0 Å². The van der Waals surface area contributed by atoms with E-state index in [2.05, 4.69) is 71.7 Å². The van der Waals surface area contributed by atoms with Gasteiger partial charge in [0.2, 0.25) is 0 Å². The highest BCUT2D eigenvalue weighted by atomic mass is 79.9. The summed E-state index contributed by atoms with van der Waals surface area (Å²) < 4.78 is 27.2. The molecule has 0 amide bonds. The number of benzene rings is 2. The minimum Gasteiger partial charge on any atom is -0.407 e. The Kier molecular flexibility index (Phi) is 7.40. The molecule has 2 aromatic carbocycles. The Hall–Kier alpha value is -0.890. The van der Waals surface area contributed by atoms with Gasteiger partial charge in [0.25, 0.3) is 0 Å². The molecular formula is C24H28B2Br2O4. The molecular weight excluding hydrogens is 534 g/mol. The van der Waals surface area contributed by atoms with Crippen molar-refractivity contribution in [2.75, 3.05) is 26.4 Å². The van der Waals surface area contributed by atoms with E-state index in [4.69, 9.17) is 18.6 Å². The molecule has 2 aliphatic rings. The fraction of sp³-hybridized carbons (Fsp3) is 0.417. The normalized spacial score (nSPS) is 21.3. The van der Waals surface area contributed by atoms with E-state index in [1.165, 1.54) is 0 Å². The molecule has 168 valence electrons. The zero-order chi connectivity index (χ0) is 22.9. The maximum atomic E-state index is 6.31. The first-order valence-corrected chi connectivity index (χ1v) is 12.5. The summed E-state index contributed by atoms with van der Waals surface area (Å²) >= 11 is 7.50. The molecule has 0 saturated carbocycles. The Balaban J connectivity index is 1.91.